The van der Waals surface area contributed by atoms with E-state index in [0.717, 1.165) is 49.7 Å². The number of aromatic carboxylic acids is 1. The van der Waals surface area contributed by atoms with Crippen molar-refractivity contribution in [1.29, 1.82) is 0 Å². The minimum atomic E-state index is -1.06. The maximum absolute atomic E-state index is 11.0. The molecule has 0 bridgehead atoms. The van der Waals surface area contributed by atoms with Gasteiger partial charge in [-0.05, 0) is 42.9 Å². The van der Waals surface area contributed by atoms with Gasteiger partial charge in [0.1, 0.15) is 11.3 Å². The van der Waals surface area contributed by atoms with E-state index in [1.165, 1.54) is 6.07 Å². The molecule has 0 aromatic heterocycles. The molecule has 19 heavy (non-hydrogen) atoms. The fourth-order valence-corrected chi connectivity index (χ4v) is 2.08. The Hall–Kier alpha value is -0.887. The molecule has 3 nitrogen and oxygen atoms in total. The summed E-state index contributed by atoms with van der Waals surface area (Å²) in [6.07, 6.45) is 5.81. The van der Waals surface area contributed by atoms with Crippen LogP contribution in [0.4, 0.5) is 0 Å². The van der Waals surface area contributed by atoms with Crippen molar-refractivity contribution in [2.45, 2.75) is 52.4 Å². The van der Waals surface area contributed by atoms with Gasteiger partial charge in [0.15, 0.2) is 0 Å². The van der Waals surface area contributed by atoms with Crippen LogP contribution in [0.1, 0.15) is 61.0 Å². The molecule has 1 aromatic rings. The Morgan fingerprint density at radius 3 is 2.21 bits per heavy atom. The molecule has 0 spiro atoms. The van der Waals surface area contributed by atoms with Crippen molar-refractivity contribution in [3.05, 3.63) is 28.8 Å². The van der Waals surface area contributed by atoms with Gasteiger partial charge in [-0.25, -0.2) is 4.79 Å². The topological polar surface area (TPSA) is 57.5 Å². The second-order valence-corrected chi connectivity index (χ2v) is 4.61. The Labute approximate surface area is 127 Å². The average molecular weight is 316 g/mol. The summed E-state index contributed by atoms with van der Waals surface area (Å²) >= 11 is 0. The number of carboxylic acids is 1. The van der Waals surface area contributed by atoms with Crippen molar-refractivity contribution in [3.63, 3.8) is 0 Å². The van der Waals surface area contributed by atoms with E-state index in [0.29, 0.717) is 0 Å². The van der Waals surface area contributed by atoms with Gasteiger partial charge in [0.2, 0.25) is 0 Å². The molecule has 0 saturated heterocycles. The fourth-order valence-electron chi connectivity index (χ4n) is 2.08. The smallest absolute Gasteiger partial charge is 0.339 e. The Morgan fingerprint density at radius 1 is 1.11 bits per heavy atom. The Kier molecular flexibility index (Phi) is 8.66. The summed E-state index contributed by atoms with van der Waals surface area (Å²) in [5.41, 5.74) is 1.93. The van der Waals surface area contributed by atoms with Crippen molar-refractivity contribution in [3.8, 4) is 5.75 Å². The molecule has 0 fully saturated rings. The van der Waals surface area contributed by atoms with Gasteiger partial charge in [0.25, 0.3) is 0 Å². The zero-order valence-corrected chi connectivity index (χ0v) is 14.9. The number of carboxylic acid groups (broad SMARTS) is 1. The molecule has 0 unspecified atom stereocenters. The van der Waals surface area contributed by atoms with E-state index in [9.17, 15) is 9.90 Å². The number of hydrogen-bond acceptors (Lipinski definition) is 2. The first-order valence-corrected chi connectivity index (χ1v) is 6.68. The second-order valence-electron chi connectivity index (χ2n) is 4.61. The molecular weight excluding hydrogens is 294 g/mol. The zero-order chi connectivity index (χ0) is 13.5. The van der Waals surface area contributed by atoms with E-state index < -0.39 is 5.97 Å². The molecule has 1 aromatic carbocycles. The summed E-state index contributed by atoms with van der Waals surface area (Å²) in [6.45, 7) is 4.21. The first-order valence-electron chi connectivity index (χ1n) is 6.68. The maximum Gasteiger partial charge on any atom is 0.339 e. The number of unbranched alkanes of at least 4 members (excludes halogenated alkanes) is 2. The van der Waals surface area contributed by atoms with Gasteiger partial charge < -0.3 is 10.2 Å². The molecule has 1 rings (SSSR count). The first-order chi connectivity index (χ1) is 8.61. The monoisotopic (exact) mass is 314 g/mol. The van der Waals surface area contributed by atoms with Crippen molar-refractivity contribution < 1.29 is 34.5 Å². The Balaban J connectivity index is 0.00000324. The number of carbonyl (C=O) groups is 1. The third-order valence-corrected chi connectivity index (χ3v) is 3.19. The molecule has 0 aliphatic carbocycles. The number of aromatic hydroxyl groups is 1. The largest absolute Gasteiger partial charge is 0.507 e. The van der Waals surface area contributed by atoms with Crippen LogP contribution >= 0.6 is 0 Å². The summed E-state index contributed by atoms with van der Waals surface area (Å²) in [5, 5.41) is 19.1. The normalized spacial score (nSPS) is 10.0. The fraction of sp³-hybridized carbons (Fsp3) is 0.533. The van der Waals surface area contributed by atoms with Crippen LogP contribution in [0.5, 0.6) is 5.75 Å². The predicted molar refractivity (Wildman–Crippen MR) is 72.3 cm³/mol. The maximum atomic E-state index is 11.0. The average Bonchev–Trinajstić information content (AvgIpc) is 2.34. The van der Waals surface area contributed by atoms with Crippen LogP contribution in [0, 0.1) is 0 Å². The van der Waals surface area contributed by atoms with Crippen molar-refractivity contribution in [2.24, 2.45) is 0 Å². The molecule has 2 N–H and O–H groups in total. The number of rotatable bonds is 7. The summed E-state index contributed by atoms with van der Waals surface area (Å²) in [5.74, 6) is -1.10. The van der Waals surface area contributed by atoms with Crippen LogP contribution in [0.2, 0.25) is 0 Å². The molecule has 102 valence electrons. The first kappa shape index (κ1) is 18.1. The van der Waals surface area contributed by atoms with Crippen LogP contribution in [0.25, 0.3) is 0 Å². The Morgan fingerprint density at radius 2 is 1.68 bits per heavy atom. The van der Waals surface area contributed by atoms with E-state index in [1.54, 1.807) is 0 Å². The third-order valence-electron chi connectivity index (χ3n) is 3.19. The molecule has 0 saturated carbocycles. The molecule has 0 aliphatic rings. The van der Waals surface area contributed by atoms with Crippen LogP contribution in [0.3, 0.4) is 0 Å². The summed E-state index contributed by atoms with van der Waals surface area (Å²) < 4.78 is 0. The van der Waals surface area contributed by atoms with Gasteiger partial charge >= 0.3 is 5.97 Å². The van der Waals surface area contributed by atoms with Crippen LogP contribution in [0.15, 0.2) is 12.1 Å². The summed E-state index contributed by atoms with van der Waals surface area (Å²) in [4.78, 5) is 11.0. The predicted octanol–water partition coefficient (Wildman–Crippen LogP) is 3.77. The molecule has 4 heteroatoms. The van der Waals surface area contributed by atoms with E-state index in [1.807, 2.05) is 6.07 Å². The van der Waals surface area contributed by atoms with Crippen LogP contribution in [-0.2, 0) is 32.3 Å². The van der Waals surface area contributed by atoms with Gasteiger partial charge in [-0.15, -0.1) is 0 Å². The SMILES string of the molecule is CCCCc1ccc(C(=O)O)c(O)c1CCCC.[Zn]. The number of benzene rings is 1. The standard InChI is InChI=1S/C15H22O3.Zn/c1-3-5-7-11-9-10-13(15(17)18)14(16)12(11)8-6-4-2;/h9-10,16H,3-8H2,1-2H3,(H,17,18);. The second kappa shape index (κ2) is 9.09. The summed E-state index contributed by atoms with van der Waals surface area (Å²) in [6, 6.07) is 3.36. The molecule has 0 heterocycles. The van der Waals surface area contributed by atoms with E-state index in [-0.39, 0.29) is 30.8 Å². The zero-order valence-electron chi connectivity index (χ0n) is 11.9. The van der Waals surface area contributed by atoms with E-state index >= 15 is 0 Å². The van der Waals surface area contributed by atoms with E-state index in [2.05, 4.69) is 13.8 Å². The van der Waals surface area contributed by atoms with Gasteiger partial charge in [0.05, 0.1) is 0 Å². The molecule has 0 atom stereocenters. The number of phenols is 1. The van der Waals surface area contributed by atoms with Gasteiger partial charge in [-0.2, -0.15) is 0 Å². The van der Waals surface area contributed by atoms with Crippen molar-refractivity contribution in [2.75, 3.05) is 0 Å². The van der Waals surface area contributed by atoms with Crippen molar-refractivity contribution in [1.82, 2.24) is 0 Å². The molecule has 0 amide bonds. The number of hydrogen-bond donors (Lipinski definition) is 2. The third kappa shape index (κ3) is 4.95. The molecule has 0 radical (unpaired) electrons. The van der Waals surface area contributed by atoms with Crippen LogP contribution < -0.4 is 0 Å². The van der Waals surface area contributed by atoms with Gasteiger partial charge in [-0.3, -0.25) is 0 Å². The minimum Gasteiger partial charge on any atom is -0.507 e. The van der Waals surface area contributed by atoms with Gasteiger partial charge in [0, 0.05) is 19.5 Å². The Bertz CT molecular complexity index is 416. The molecule has 0 aliphatic heterocycles. The number of aryl methyl sites for hydroxylation is 1. The quantitative estimate of drug-likeness (QED) is 0.753. The molecular formula is C15H22O3Zn. The summed E-state index contributed by atoms with van der Waals surface area (Å²) in [7, 11) is 0. The minimum absolute atomic E-state index is 0. The van der Waals surface area contributed by atoms with Crippen molar-refractivity contribution >= 4 is 5.97 Å². The van der Waals surface area contributed by atoms with Gasteiger partial charge in [-0.1, -0.05) is 32.8 Å². The van der Waals surface area contributed by atoms with E-state index in [4.69, 9.17) is 5.11 Å². The van der Waals surface area contributed by atoms with Crippen LogP contribution in [-0.4, -0.2) is 16.2 Å².